The third kappa shape index (κ3) is 2.56. The second kappa shape index (κ2) is 6.06. The summed E-state index contributed by atoms with van der Waals surface area (Å²) >= 11 is 0. The van der Waals surface area contributed by atoms with Gasteiger partial charge in [-0.2, -0.15) is 5.26 Å². The molecule has 0 aliphatic heterocycles. The van der Waals surface area contributed by atoms with Gasteiger partial charge in [-0.15, -0.1) is 0 Å². The minimum atomic E-state index is -0.155. The third-order valence-corrected chi connectivity index (χ3v) is 3.03. The number of nitrogens with one attached hydrogen (secondary N) is 1. The molecular formula is C16H16N4O. The third-order valence-electron chi connectivity index (χ3n) is 3.03. The summed E-state index contributed by atoms with van der Waals surface area (Å²) in [6.45, 7) is 5.86. The number of benzene rings is 1. The van der Waals surface area contributed by atoms with Crippen LogP contribution < -0.4 is 5.56 Å². The molecule has 0 radical (unpaired) electrons. The van der Waals surface area contributed by atoms with Crippen LogP contribution in [0, 0.1) is 18.3 Å². The number of H-pyrrole nitrogens is 1. The lowest BCUT2D eigenvalue weighted by atomic mass is 10.2. The van der Waals surface area contributed by atoms with Crippen LogP contribution in [0.4, 0.5) is 0 Å². The van der Waals surface area contributed by atoms with Crippen LogP contribution in [0.2, 0.25) is 0 Å². The maximum absolute atomic E-state index is 11.8. The Kier molecular flexibility index (Phi) is 4.19. The zero-order valence-electron chi connectivity index (χ0n) is 12.2. The van der Waals surface area contributed by atoms with Gasteiger partial charge in [-0.3, -0.25) is 4.79 Å². The van der Waals surface area contributed by atoms with E-state index in [1.807, 2.05) is 43.7 Å². The highest BCUT2D eigenvalue weighted by Gasteiger charge is 2.11. The van der Waals surface area contributed by atoms with Crippen molar-refractivity contribution in [3.63, 3.8) is 0 Å². The van der Waals surface area contributed by atoms with Crippen molar-refractivity contribution in [2.75, 3.05) is 0 Å². The van der Waals surface area contributed by atoms with Crippen molar-refractivity contribution in [1.29, 1.82) is 5.26 Å². The van der Waals surface area contributed by atoms with Gasteiger partial charge < -0.3 is 9.55 Å². The van der Waals surface area contributed by atoms with E-state index in [-0.39, 0.29) is 5.56 Å². The van der Waals surface area contributed by atoms with Gasteiger partial charge >= 0.3 is 0 Å². The van der Waals surface area contributed by atoms with E-state index in [9.17, 15) is 4.79 Å². The van der Waals surface area contributed by atoms with E-state index in [2.05, 4.69) is 16.0 Å². The Balaban J connectivity index is 0.000000774. The predicted octanol–water partition coefficient (Wildman–Crippen LogP) is 2.92. The lowest BCUT2D eigenvalue weighted by molar-refractivity contribution is 1.06. The van der Waals surface area contributed by atoms with Crippen LogP contribution >= 0.6 is 0 Å². The first-order valence-corrected chi connectivity index (χ1v) is 6.76. The molecule has 0 saturated carbocycles. The molecule has 3 aromatic rings. The molecule has 21 heavy (non-hydrogen) atoms. The van der Waals surface area contributed by atoms with E-state index < -0.39 is 0 Å². The lowest BCUT2D eigenvalue weighted by Gasteiger charge is -2.04. The summed E-state index contributed by atoms with van der Waals surface area (Å²) in [5, 5.41) is 9.52. The fourth-order valence-corrected chi connectivity index (χ4v) is 2.17. The van der Waals surface area contributed by atoms with E-state index in [4.69, 9.17) is 5.26 Å². The molecule has 3 rings (SSSR count). The van der Waals surface area contributed by atoms with Gasteiger partial charge in [0.1, 0.15) is 0 Å². The summed E-state index contributed by atoms with van der Waals surface area (Å²) < 4.78 is 1.82. The van der Waals surface area contributed by atoms with Crippen molar-refractivity contribution >= 4 is 11.0 Å². The van der Waals surface area contributed by atoms with Crippen molar-refractivity contribution in [2.45, 2.75) is 20.8 Å². The fraction of sp³-hybridized carbons (Fsp3) is 0.188. The second-order valence-corrected chi connectivity index (χ2v) is 4.27. The summed E-state index contributed by atoms with van der Waals surface area (Å²) in [5.74, 6) is 0. The van der Waals surface area contributed by atoms with Crippen molar-refractivity contribution in [1.82, 2.24) is 14.5 Å². The Morgan fingerprint density at radius 2 is 2.10 bits per heavy atom. The molecule has 2 heterocycles. The zero-order chi connectivity index (χ0) is 15.4. The molecule has 0 spiro atoms. The van der Waals surface area contributed by atoms with E-state index in [1.54, 1.807) is 12.1 Å². The molecule has 106 valence electrons. The Morgan fingerprint density at radius 3 is 2.81 bits per heavy atom. The average Bonchev–Trinajstić information content (AvgIpc) is 2.88. The summed E-state index contributed by atoms with van der Waals surface area (Å²) in [5.41, 5.74) is 2.68. The Hall–Kier alpha value is -2.87. The monoisotopic (exact) mass is 280 g/mol. The van der Waals surface area contributed by atoms with Crippen molar-refractivity contribution in [2.24, 2.45) is 0 Å². The molecule has 0 aliphatic rings. The largest absolute Gasteiger partial charge is 0.312 e. The number of aryl methyl sites for hydroxylation is 1. The van der Waals surface area contributed by atoms with Crippen LogP contribution in [0.1, 0.15) is 25.0 Å². The maximum atomic E-state index is 11.8. The van der Waals surface area contributed by atoms with Gasteiger partial charge in [-0.25, -0.2) is 4.98 Å². The molecule has 1 aromatic carbocycles. The SMILES string of the molecule is CC.Cc1cn(-c2cccc(C#N)c2)c2nc[nH]c(=O)c12. The number of nitrogens with zero attached hydrogens (tertiary/aromatic N) is 3. The van der Waals surface area contributed by atoms with Crippen molar-refractivity contribution in [3.05, 3.63) is 58.3 Å². The molecule has 0 unspecified atom stereocenters. The molecule has 5 nitrogen and oxygen atoms in total. The highest BCUT2D eigenvalue weighted by molar-refractivity contribution is 5.80. The number of aromatic amines is 1. The van der Waals surface area contributed by atoms with E-state index in [0.717, 1.165) is 11.3 Å². The maximum Gasteiger partial charge on any atom is 0.260 e. The molecule has 2 aromatic heterocycles. The average molecular weight is 280 g/mol. The van der Waals surface area contributed by atoms with Crippen LogP contribution in [0.25, 0.3) is 16.7 Å². The van der Waals surface area contributed by atoms with Gasteiger partial charge in [0.25, 0.3) is 5.56 Å². The molecule has 0 atom stereocenters. The first kappa shape index (κ1) is 14.5. The molecule has 0 saturated heterocycles. The molecular weight excluding hydrogens is 264 g/mol. The van der Waals surface area contributed by atoms with Gasteiger partial charge in [-0.05, 0) is 30.7 Å². The van der Waals surface area contributed by atoms with Crippen LogP contribution in [0.5, 0.6) is 0 Å². The van der Waals surface area contributed by atoms with Gasteiger partial charge in [0, 0.05) is 11.9 Å². The van der Waals surface area contributed by atoms with Gasteiger partial charge in [0.05, 0.1) is 23.3 Å². The Labute approximate surface area is 122 Å². The van der Waals surface area contributed by atoms with E-state index >= 15 is 0 Å². The first-order chi connectivity index (χ1) is 10.2. The minimum Gasteiger partial charge on any atom is -0.312 e. The van der Waals surface area contributed by atoms with Gasteiger partial charge in [0.15, 0.2) is 5.65 Å². The van der Waals surface area contributed by atoms with Crippen LogP contribution in [0.3, 0.4) is 0 Å². The van der Waals surface area contributed by atoms with Crippen LogP contribution in [-0.4, -0.2) is 14.5 Å². The molecule has 1 N–H and O–H groups in total. The standard InChI is InChI=1S/C14H10N4O.C2H6/c1-9-7-18(11-4-2-3-10(5-11)6-15)13-12(9)14(19)17-8-16-13;1-2/h2-5,7-8H,1H3,(H,16,17,19);1-2H3. The highest BCUT2D eigenvalue weighted by Crippen LogP contribution is 2.20. The number of hydrogen-bond donors (Lipinski definition) is 1. The highest BCUT2D eigenvalue weighted by atomic mass is 16.1. The number of rotatable bonds is 1. The topological polar surface area (TPSA) is 74.5 Å². The Morgan fingerprint density at radius 1 is 1.33 bits per heavy atom. The number of hydrogen-bond acceptors (Lipinski definition) is 3. The molecule has 0 bridgehead atoms. The fourth-order valence-electron chi connectivity index (χ4n) is 2.17. The molecule has 0 fully saturated rings. The minimum absolute atomic E-state index is 0.155. The summed E-state index contributed by atoms with van der Waals surface area (Å²) in [7, 11) is 0. The normalized spacial score (nSPS) is 9.81. The quantitative estimate of drug-likeness (QED) is 0.744. The number of fused-ring (bicyclic) bond motifs is 1. The molecule has 0 amide bonds. The van der Waals surface area contributed by atoms with Gasteiger partial charge in [0.2, 0.25) is 0 Å². The summed E-state index contributed by atoms with van der Waals surface area (Å²) in [6.07, 6.45) is 3.23. The second-order valence-electron chi connectivity index (χ2n) is 4.27. The lowest BCUT2D eigenvalue weighted by Crippen LogP contribution is -2.07. The molecule has 5 heteroatoms. The number of nitriles is 1. The van der Waals surface area contributed by atoms with Gasteiger partial charge in [-0.1, -0.05) is 19.9 Å². The Bertz CT molecular complexity index is 868. The zero-order valence-corrected chi connectivity index (χ0v) is 12.2. The molecule has 0 aliphatic carbocycles. The first-order valence-electron chi connectivity index (χ1n) is 6.76. The van der Waals surface area contributed by atoms with Crippen molar-refractivity contribution < 1.29 is 0 Å². The summed E-state index contributed by atoms with van der Waals surface area (Å²) in [6, 6.07) is 9.29. The van der Waals surface area contributed by atoms with Crippen LogP contribution in [-0.2, 0) is 0 Å². The van der Waals surface area contributed by atoms with Crippen molar-refractivity contribution in [3.8, 4) is 11.8 Å². The summed E-state index contributed by atoms with van der Waals surface area (Å²) in [4.78, 5) is 18.6. The smallest absolute Gasteiger partial charge is 0.260 e. The van der Waals surface area contributed by atoms with Crippen LogP contribution in [0.15, 0.2) is 41.6 Å². The predicted molar refractivity (Wildman–Crippen MR) is 82.5 cm³/mol. The number of aromatic nitrogens is 3. The van der Waals surface area contributed by atoms with E-state index in [0.29, 0.717) is 16.6 Å². The van der Waals surface area contributed by atoms with E-state index in [1.165, 1.54) is 6.33 Å².